The molecule has 0 aliphatic carbocycles. The zero-order chi connectivity index (χ0) is 14.9. The van der Waals surface area contributed by atoms with Crippen molar-refractivity contribution in [1.29, 1.82) is 0 Å². The molecule has 0 bridgehead atoms. The quantitative estimate of drug-likeness (QED) is 0.834. The van der Waals surface area contributed by atoms with Gasteiger partial charge in [-0.25, -0.2) is 0 Å². The number of alkyl halides is 3. The van der Waals surface area contributed by atoms with Crippen molar-refractivity contribution >= 4 is 5.69 Å². The van der Waals surface area contributed by atoms with E-state index in [1.54, 1.807) is 0 Å². The van der Waals surface area contributed by atoms with E-state index in [2.05, 4.69) is 11.0 Å². The van der Waals surface area contributed by atoms with Crippen molar-refractivity contribution in [2.24, 2.45) is 0 Å². The summed E-state index contributed by atoms with van der Waals surface area (Å²) in [5.41, 5.74) is 3.35. The van der Waals surface area contributed by atoms with Gasteiger partial charge in [-0.05, 0) is 29.7 Å². The maximum absolute atomic E-state index is 12.5. The van der Waals surface area contributed by atoms with E-state index in [0.717, 1.165) is 37.6 Å². The molecule has 0 N–H and O–H groups in total. The lowest BCUT2D eigenvalue weighted by Gasteiger charge is -2.32. The molecule has 2 aliphatic rings. The fourth-order valence-corrected chi connectivity index (χ4v) is 3.00. The van der Waals surface area contributed by atoms with Gasteiger partial charge in [0, 0.05) is 31.9 Å². The number of benzene rings is 1. The molecule has 1 aromatic carbocycles. The second kappa shape index (κ2) is 5.85. The molecular weight excluding hydrogens is 281 g/mol. The first-order chi connectivity index (χ1) is 10.0. The van der Waals surface area contributed by atoms with Gasteiger partial charge in [-0.3, -0.25) is 4.90 Å². The molecule has 1 aromatic rings. The minimum Gasteiger partial charge on any atom is -0.378 e. The summed E-state index contributed by atoms with van der Waals surface area (Å²) in [5.74, 6) is 0. The Morgan fingerprint density at radius 1 is 1.05 bits per heavy atom. The average Bonchev–Trinajstić information content (AvgIpc) is 2.46. The molecule has 0 atom stereocenters. The van der Waals surface area contributed by atoms with E-state index in [0.29, 0.717) is 19.5 Å². The molecule has 0 saturated carbocycles. The summed E-state index contributed by atoms with van der Waals surface area (Å²) in [7, 11) is 0. The molecule has 3 rings (SSSR count). The highest BCUT2D eigenvalue weighted by atomic mass is 19.4. The molecule has 0 unspecified atom stereocenters. The third-order valence-corrected chi connectivity index (χ3v) is 4.06. The lowest BCUT2D eigenvalue weighted by molar-refractivity contribution is -0.147. The van der Waals surface area contributed by atoms with Gasteiger partial charge < -0.3 is 9.64 Å². The highest BCUT2D eigenvalue weighted by molar-refractivity contribution is 5.52. The number of fused-ring (bicyclic) bond motifs is 1. The van der Waals surface area contributed by atoms with E-state index in [-0.39, 0.29) is 0 Å². The van der Waals surface area contributed by atoms with Gasteiger partial charge >= 0.3 is 6.18 Å². The molecule has 1 fully saturated rings. The SMILES string of the molecule is FC(F)(F)CN1CCc2cc(N3CCOCC3)ccc2C1. The monoisotopic (exact) mass is 300 g/mol. The van der Waals surface area contributed by atoms with Gasteiger partial charge in [0.2, 0.25) is 0 Å². The second-order valence-corrected chi connectivity index (χ2v) is 5.63. The van der Waals surface area contributed by atoms with Crippen molar-refractivity contribution in [2.75, 3.05) is 44.3 Å². The van der Waals surface area contributed by atoms with Crippen molar-refractivity contribution in [2.45, 2.75) is 19.1 Å². The molecule has 0 amide bonds. The van der Waals surface area contributed by atoms with E-state index in [1.165, 1.54) is 10.5 Å². The van der Waals surface area contributed by atoms with Gasteiger partial charge in [0.05, 0.1) is 19.8 Å². The van der Waals surface area contributed by atoms with Crippen LogP contribution < -0.4 is 4.90 Å². The molecule has 1 saturated heterocycles. The van der Waals surface area contributed by atoms with Crippen LogP contribution >= 0.6 is 0 Å². The largest absolute Gasteiger partial charge is 0.401 e. The first kappa shape index (κ1) is 14.7. The first-order valence-corrected chi connectivity index (χ1v) is 7.25. The Kier molecular flexibility index (Phi) is 4.08. The summed E-state index contributed by atoms with van der Waals surface area (Å²) in [4.78, 5) is 3.74. The summed E-state index contributed by atoms with van der Waals surface area (Å²) in [6, 6.07) is 6.12. The Morgan fingerprint density at radius 3 is 2.52 bits per heavy atom. The van der Waals surface area contributed by atoms with Crippen LogP contribution in [0.3, 0.4) is 0 Å². The van der Waals surface area contributed by atoms with Crippen molar-refractivity contribution in [1.82, 2.24) is 4.90 Å². The number of hydrogen-bond acceptors (Lipinski definition) is 3. The lowest BCUT2D eigenvalue weighted by atomic mass is 9.98. The summed E-state index contributed by atoms with van der Waals surface area (Å²) < 4.78 is 42.7. The molecule has 2 aliphatic heterocycles. The molecule has 2 heterocycles. The Morgan fingerprint density at radius 2 is 1.81 bits per heavy atom. The normalized spacial score (nSPS) is 20.4. The number of nitrogens with zero attached hydrogens (tertiary/aromatic N) is 2. The van der Waals surface area contributed by atoms with Gasteiger partial charge in [0.15, 0.2) is 0 Å². The lowest BCUT2D eigenvalue weighted by Crippen LogP contribution is -2.38. The van der Waals surface area contributed by atoms with Crippen LogP contribution in [-0.4, -0.2) is 50.5 Å². The number of rotatable bonds is 2. The van der Waals surface area contributed by atoms with Gasteiger partial charge in [0.25, 0.3) is 0 Å². The van der Waals surface area contributed by atoms with Gasteiger partial charge in [-0.15, -0.1) is 0 Å². The van der Waals surface area contributed by atoms with Crippen LogP contribution in [-0.2, 0) is 17.7 Å². The number of ether oxygens (including phenoxy) is 1. The highest BCUT2D eigenvalue weighted by Gasteiger charge is 2.32. The van der Waals surface area contributed by atoms with Gasteiger partial charge in [-0.1, -0.05) is 6.07 Å². The fourth-order valence-electron chi connectivity index (χ4n) is 3.00. The fraction of sp³-hybridized carbons (Fsp3) is 0.600. The zero-order valence-corrected chi connectivity index (χ0v) is 11.8. The predicted molar refractivity (Wildman–Crippen MR) is 74.5 cm³/mol. The summed E-state index contributed by atoms with van der Waals surface area (Å²) in [6.07, 6.45) is -3.44. The molecule has 116 valence electrons. The minimum atomic E-state index is -4.12. The summed E-state index contributed by atoms with van der Waals surface area (Å²) >= 11 is 0. The molecule has 3 nitrogen and oxygen atoms in total. The molecule has 0 spiro atoms. The Balaban J connectivity index is 1.70. The number of halogens is 3. The zero-order valence-electron chi connectivity index (χ0n) is 11.8. The second-order valence-electron chi connectivity index (χ2n) is 5.63. The van der Waals surface area contributed by atoms with Crippen LogP contribution in [0.25, 0.3) is 0 Å². The topological polar surface area (TPSA) is 15.7 Å². The van der Waals surface area contributed by atoms with Gasteiger partial charge in [0.1, 0.15) is 0 Å². The smallest absolute Gasteiger partial charge is 0.378 e. The number of hydrogen-bond donors (Lipinski definition) is 0. The van der Waals surface area contributed by atoms with E-state index >= 15 is 0 Å². The predicted octanol–water partition coefficient (Wildman–Crippen LogP) is 2.44. The first-order valence-electron chi connectivity index (χ1n) is 7.25. The Labute approximate surface area is 122 Å². The van der Waals surface area contributed by atoms with Crippen molar-refractivity contribution < 1.29 is 17.9 Å². The maximum Gasteiger partial charge on any atom is 0.401 e. The highest BCUT2D eigenvalue weighted by Crippen LogP contribution is 2.27. The minimum absolute atomic E-state index is 0.387. The summed E-state index contributed by atoms with van der Waals surface area (Å²) in [6.45, 7) is 3.25. The number of morpholine rings is 1. The van der Waals surface area contributed by atoms with Crippen molar-refractivity contribution in [3.05, 3.63) is 29.3 Å². The van der Waals surface area contributed by atoms with Crippen LogP contribution in [0.15, 0.2) is 18.2 Å². The number of anilines is 1. The van der Waals surface area contributed by atoms with E-state index in [4.69, 9.17) is 4.74 Å². The molecule has 21 heavy (non-hydrogen) atoms. The Bertz CT molecular complexity index is 498. The van der Waals surface area contributed by atoms with E-state index < -0.39 is 12.7 Å². The van der Waals surface area contributed by atoms with E-state index in [9.17, 15) is 13.2 Å². The Hall–Kier alpha value is -1.27. The van der Waals surface area contributed by atoms with Crippen LogP contribution in [0.1, 0.15) is 11.1 Å². The van der Waals surface area contributed by atoms with Crippen molar-refractivity contribution in [3.8, 4) is 0 Å². The molecule has 6 heteroatoms. The third kappa shape index (κ3) is 3.68. The molecule has 0 radical (unpaired) electrons. The van der Waals surface area contributed by atoms with Gasteiger partial charge in [-0.2, -0.15) is 13.2 Å². The van der Waals surface area contributed by atoms with Crippen molar-refractivity contribution in [3.63, 3.8) is 0 Å². The van der Waals surface area contributed by atoms with Crippen LogP contribution in [0, 0.1) is 0 Å². The van der Waals surface area contributed by atoms with Crippen LogP contribution in [0.4, 0.5) is 18.9 Å². The van der Waals surface area contributed by atoms with E-state index in [1.807, 2.05) is 12.1 Å². The molecule has 0 aromatic heterocycles. The average molecular weight is 300 g/mol. The standard InChI is InChI=1S/C15H19F3N2O/c16-15(17,18)11-19-4-3-12-9-14(2-1-13(12)10-19)20-5-7-21-8-6-20/h1-2,9H,3-8,10-11H2. The molecular formula is C15H19F3N2O. The van der Waals surface area contributed by atoms with Crippen LogP contribution in [0.5, 0.6) is 0 Å². The van der Waals surface area contributed by atoms with Crippen LogP contribution in [0.2, 0.25) is 0 Å². The maximum atomic E-state index is 12.5. The summed E-state index contributed by atoms with van der Waals surface area (Å²) in [5, 5.41) is 0. The third-order valence-electron chi connectivity index (χ3n) is 4.06.